The van der Waals surface area contributed by atoms with Crippen LogP contribution in [0.25, 0.3) is 0 Å². The molecule has 0 fully saturated rings. The number of allylic oxidation sites excluding steroid dienone is 3. The molecule has 0 aromatic heterocycles. The van der Waals surface area contributed by atoms with E-state index in [1.165, 1.54) is 22.3 Å². The summed E-state index contributed by atoms with van der Waals surface area (Å²) in [5.74, 6) is 0. The van der Waals surface area contributed by atoms with Crippen LogP contribution in [0.5, 0.6) is 0 Å². The van der Waals surface area contributed by atoms with Crippen molar-refractivity contribution in [1.82, 2.24) is 0 Å². The lowest BCUT2D eigenvalue weighted by Gasteiger charge is -2.24. The predicted octanol–water partition coefficient (Wildman–Crippen LogP) is 3.39. The molecule has 1 aromatic rings. The van der Waals surface area contributed by atoms with Crippen molar-refractivity contribution in [3.05, 3.63) is 83.2 Å². The number of hydrogen-bond donors (Lipinski definition) is 0. The molecule has 1 atom stereocenters. The fourth-order valence-corrected chi connectivity index (χ4v) is 2.95. The number of hydrogen-bond acceptors (Lipinski definition) is 2. The number of fused-ring (bicyclic) bond motifs is 2. The highest BCUT2D eigenvalue weighted by Gasteiger charge is 2.29. The minimum atomic E-state index is 0.160. The Hall–Kier alpha value is -2.35. The molecule has 4 rings (SSSR count). The molecule has 20 heavy (non-hydrogen) atoms. The predicted molar refractivity (Wildman–Crippen MR) is 80.7 cm³/mol. The summed E-state index contributed by atoms with van der Waals surface area (Å²) < 4.78 is 5.49. The molecular formula is C18H15NO. The van der Waals surface area contributed by atoms with Crippen molar-refractivity contribution >= 4 is 5.71 Å². The zero-order chi connectivity index (χ0) is 13.4. The van der Waals surface area contributed by atoms with Gasteiger partial charge in [-0.25, -0.2) is 0 Å². The van der Waals surface area contributed by atoms with Crippen LogP contribution < -0.4 is 0 Å². The van der Waals surface area contributed by atoms with Crippen LogP contribution in [0.15, 0.2) is 82.6 Å². The number of aliphatic imine (C=N–C) groups is 1. The summed E-state index contributed by atoms with van der Waals surface area (Å²) in [7, 11) is 0. The average Bonchev–Trinajstić information content (AvgIpc) is 2.96. The molecule has 1 aromatic carbocycles. The fraction of sp³-hybridized carbons (Fsp3) is 0.167. The largest absolute Gasteiger partial charge is 0.494 e. The van der Waals surface area contributed by atoms with E-state index in [1.54, 1.807) is 0 Å². The van der Waals surface area contributed by atoms with Crippen LogP contribution in [0, 0.1) is 0 Å². The van der Waals surface area contributed by atoms with E-state index < -0.39 is 0 Å². The van der Waals surface area contributed by atoms with E-state index in [9.17, 15) is 0 Å². The second kappa shape index (κ2) is 4.64. The van der Waals surface area contributed by atoms with Gasteiger partial charge in [0.15, 0.2) is 0 Å². The first kappa shape index (κ1) is 11.5. The number of ether oxygens (including phenoxy) is 1. The van der Waals surface area contributed by atoms with Crippen molar-refractivity contribution in [3.8, 4) is 0 Å². The smallest absolute Gasteiger partial charge is 0.130 e. The summed E-state index contributed by atoms with van der Waals surface area (Å²) >= 11 is 0. The molecule has 0 N–H and O–H groups in total. The van der Waals surface area contributed by atoms with Crippen LogP contribution in [-0.4, -0.2) is 18.4 Å². The molecule has 2 heteroatoms. The van der Waals surface area contributed by atoms with Gasteiger partial charge in [-0.1, -0.05) is 54.6 Å². The maximum Gasteiger partial charge on any atom is 0.130 e. The van der Waals surface area contributed by atoms with E-state index >= 15 is 0 Å². The van der Waals surface area contributed by atoms with Gasteiger partial charge in [0.2, 0.25) is 0 Å². The molecule has 2 heterocycles. The van der Waals surface area contributed by atoms with Gasteiger partial charge in [-0.05, 0) is 23.1 Å². The van der Waals surface area contributed by atoms with E-state index in [1.807, 2.05) is 6.26 Å². The number of rotatable bonds is 2. The van der Waals surface area contributed by atoms with E-state index in [2.05, 4.69) is 54.6 Å². The maximum absolute atomic E-state index is 5.49. The third-order valence-corrected chi connectivity index (χ3v) is 3.92. The molecule has 1 unspecified atom stereocenters. The zero-order valence-corrected chi connectivity index (χ0v) is 11.1. The van der Waals surface area contributed by atoms with E-state index in [0.29, 0.717) is 6.61 Å². The first-order chi connectivity index (χ1) is 9.92. The first-order valence-electron chi connectivity index (χ1n) is 6.93. The minimum Gasteiger partial charge on any atom is -0.494 e. The summed E-state index contributed by atoms with van der Waals surface area (Å²) in [6.45, 7) is 0.606. The van der Waals surface area contributed by atoms with Crippen LogP contribution in [0.3, 0.4) is 0 Å². The number of dihydropyridines is 1. The minimum absolute atomic E-state index is 0.160. The Morgan fingerprint density at radius 2 is 2.05 bits per heavy atom. The molecule has 0 saturated heterocycles. The molecule has 0 spiro atoms. The number of nitrogens with zero attached hydrogens (tertiary/aromatic N) is 1. The van der Waals surface area contributed by atoms with E-state index in [-0.39, 0.29) is 6.04 Å². The summed E-state index contributed by atoms with van der Waals surface area (Å²) in [4.78, 5) is 4.79. The molecule has 0 radical (unpaired) electrons. The first-order valence-corrected chi connectivity index (χ1v) is 6.93. The van der Waals surface area contributed by atoms with Crippen LogP contribution in [0.1, 0.15) is 5.56 Å². The molecule has 1 aliphatic carbocycles. The lowest BCUT2D eigenvalue weighted by molar-refractivity contribution is 0.315. The summed E-state index contributed by atoms with van der Waals surface area (Å²) in [6, 6.07) is 10.7. The summed E-state index contributed by atoms with van der Waals surface area (Å²) in [5, 5.41) is 0. The lowest BCUT2D eigenvalue weighted by atomic mass is 9.85. The highest BCUT2D eigenvalue weighted by Crippen LogP contribution is 2.34. The van der Waals surface area contributed by atoms with Gasteiger partial charge in [0.05, 0.1) is 18.0 Å². The molecule has 2 aliphatic heterocycles. The molecule has 98 valence electrons. The molecular weight excluding hydrogens is 246 g/mol. The average molecular weight is 261 g/mol. The standard InChI is InChI=1S/C18H15NO/c1-2-6-13(7-3-1)10-15-14-8-4-5-9-17(14)19-18-12-20-11-16(15)18/h1-9,11,17H,10,12H2. The van der Waals surface area contributed by atoms with Crippen LogP contribution in [-0.2, 0) is 11.2 Å². The lowest BCUT2D eigenvalue weighted by Crippen LogP contribution is -2.22. The summed E-state index contributed by atoms with van der Waals surface area (Å²) in [6.07, 6.45) is 11.3. The van der Waals surface area contributed by atoms with Gasteiger partial charge < -0.3 is 4.74 Å². The normalized spacial score (nSPS) is 22.9. The Balaban J connectivity index is 1.79. The molecule has 3 aliphatic rings. The Morgan fingerprint density at radius 1 is 1.15 bits per heavy atom. The van der Waals surface area contributed by atoms with Gasteiger partial charge in [-0.2, -0.15) is 0 Å². The van der Waals surface area contributed by atoms with Crippen LogP contribution in [0.2, 0.25) is 0 Å². The fourth-order valence-electron chi connectivity index (χ4n) is 2.95. The van der Waals surface area contributed by atoms with Crippen molar-refractivity contribution in [2.45, 2.75) is 12.5 Å². The Morgan fingerprint density at radius 3 is 2.95 bits per heavy atom. The molecule has 0 amide bonds. The molecule has 0 saturated carbocycles. The Kier molecular flexibility index (Phi) is 2.66. The van der Waals surface area contributed by atoms with Crippen molar-refractivity contribution in [2.24, 2.45) is 4.99 Å². The number of benzene rings is 1. The quantitative estimate of drug-likeness (QED) is 0.799. The topological polar surface area (TPSA) is 21.6 Å². The van der Waals surface area contributed by atoms with Gasteiger partial charge in [-0.3, -0.25) is 4.99 Å². The Bertz CT molecular complexity index is 689. The molecule has 0 bridgehead atoms. The molecule has 2 nitrogen and oxygen atoms in total. The third kappa shape index (κ3) is 1.85. The summed E-state index contributed by atoms with van der Waals surface area (Å²) in [5.41, 5.74) is 6.25. The van der Waals surface area contributed by atoms with E-state index in [0.717, 1.165) is 12.1 Å². The van der Waals surface area contributed by atoms with Crippen molar-refractivity contribution < 1.29 is 4.74 Å². The highest BCUT2D eigenvalue weighted by molar-refractivity contribution is 6.07. The van der Waals surface area contributed by atoms with Gasteiger partial charge in [0, 0.05) is 5.57 Å². The van der Waals surface area contributed by atoms with E-state index in [4.69, 9.17) is 9.73 Å². The maximum atomic E-state index is 5.49. The third-order valence-electron chi connectivity index (χ3n) is 3.92. The SMILES string of the molecule is C1=CC2=C(Cc3ccccc3)C3=COCC3=NC2C=C1. The van der Waals surface area contributed by atoms with Crippen LogP contribution in [0.4, 0.5) is 0 Å². The van der Waals surface area contributed by atoms with Crippen molar-refractivity contribution in [1.29, 1.82) is 0 Å². The monoisotopic (exact) mass is 261 g/mol. The highest BCUT2D eigenvalue weighted by atomic mass is 16.5. The van der Waals surface area contributed by atoms with Gasteiger partial charge in [0.1, 0.15) is 6.61 Å². The van der Waals surface area contributed by atoms with Gasteiger partial charge in [0.25, 0.3) is 0 Å². The van der Waals surface area contributed by atoms with Gasteiger partial charge >= 0.3 is 0 Å². The second-order valence-corrected chi connectivity index (χ2v) is 5.20. The van der Waals surface area contributed by atoms with Gasteiger partial charge in [-0.15, -0.1) is 0 Å². The zero-order valence-electron chi connectivity index (χ0n) is 11.1. The second-order valence-electron chi connectivity index (χ2n) is 5.20. The van der Waals surface area contributed by atoms with Crippen molar-refractivity contribution in [3.63, 3.8) is 0 Å². The Labute approximate surface area is 118 Å². The van der Waals surface area contributed by atoms with Crippen LogP contribution >= 0.6 is 0 Å². The van der Waals surface area contributed by atoms with Crippen molar-refractivity contribution in [2.75, 3.05) is 6.61 Å².